The molecule has 0 radical (unpaired) electrons. The average molecular weight is 331 g/mol. The SMILES string of the molecule is NC(=S)c1cc(OCCCC(F)(F)F)ccc1C(F)(F)F. The lowest BCUT2D eigenvalue weighted by atomic mass is 10.1. The van der Waals surface area contributed by atoms with Crippen LogP contribution in [-0.4, -0.2) is 17.8 Å². The summed E-state index contributed by atoms with van der Waals surface area (Å²) in [7, 11) is 0. The predicted molar refractivity (Wildman–Crippen MR) is 68.1 cm³/mol. The van der Waals surface area contributed by atoms with Crippen molar-refractivity contribution in [2.75, 3.05) is 6.61 Å². The van der Waals surface area contributed by atoms with Gasteiger partial charge < -0.3 is 10.5 Å². The fraction of sp³-hybridized carbons (Fsp3) is 0.417. The number of thiocarbonyl (C=S) groups is 1. The van der Waals surface area contributed by atoms with Crippen LogP contribution in [0.3, 0.4) is 0 Å². The molecule has 0 bridgehead atoms. The molecule has 2 N–H and O–H groups in total. The summed E-state index contributed by atoms with van der Waals surface area (Å²) in [6, 6.07) is 2.71. The van der Waals surface area contributed by atoms with E-state index in [0.717, 1.165) is 18.2 Å². The first-order valence-electron chi connectivity index (χ1n) is 5.71. The third kappa shape index (κ3) is 5.78. The molecule has 9 heteroatoms. The Morgan fingerprint density at radius 3 is 2.24 bits per heavy atom. The number of rotatable bonds is 5. The first-order chi connectivity index (χ1) is 9.50. The van der Waals surface area contributed by atoms with Crippen molar-refractivity contribution in [1.82, 2.24) is 0 Å². The topological polar surface area (TPSA) is 35.2 Å². The van der Waals surface area contributed by atoms with E-state index >= 15 is 0 Å². The van der Waals surface area contributed by atoms with Gasteiger partial charge in [0.15, 0.2) is 0 Å². The lowest BCUT2D eigenvalue weighted by Crippen LogP contribution is -2.18. The Labute approximate surface area is 121 Å². The van der Waals surface area contributed by atoms with Gasteiger partial charge in [0.2, 0.25) is 0 Å². The molecular formula is C12H11F6NOS. The van der Waals surface area contributed by atoms with Crippen molar-refractivity contribution in [3.63, 3.8) is 0 Å². The van der Waals surface area contributed by atoms with Crippen LogP contribution in [0.15, 0.2) is 18.2 Å². The largest absolute Gasteiger partial charge is 0.494 e. The summed E-state index contributed by atoms with van der Waals surface area (Å²) in [5, 5.41) is 0. The molecule has 0 amide bonds. The van der Waals surface area contributed by atoms with Crippen LogP contribution in [0.2, 0.25) is 0 Å². The van der Waals surface area contributed by atoms with Crippen molar-refractivity contribution in [3.05, 3.63) is 29.3 Å². The second kappa shape index (κ2) is 6.50. The Balaban J connectivity index is 2.78. The van der Waals surface area contributed by atoms with Gasteiger partial charge in [0.05, 0.1) is 12.2 Å². The van der Waals surface area contributed by atoms with Gasteiger partial charge in [-0.2, -0.15) is 26.3 Å². The molecule has 0 aliphatic heterocycles. The van der Waals surface area contributed by atoms with Crippen LogP contribution >= 0.6 is 12.2 Å². The molecule has 0 aliphatic carbocycles. The molecule has 1 rings (SSSR count). The van der Waals surface area contributed by atoms with E-state index in [1.807, 2.05) is 0 Å². The Hall–Kier alpha value is -1.51. The molecular weight excluding hydrogens is 320 g/mol. The first kappa shape index (κ1) is 17.5. The molecule has 0 heterocycles. The second-order valence-electron chi connectivity index (χ2n) is 4.14. The molecule has 0 atom stereocenters. The van der Waals surface area contributed by atoms with Crippen LogP contribution in [-0.2, 0) is 6.18 Å². The molecule has 0 fully saturated rings. The summed E-state index contributed by atoms with van der Waals surface area (Å²) in [6.45, 7) is -0.276. The van der Waals surface area contributed by atoms with Crippen molar-refractivity contribution < 1.29 is 31.1 Å². The van der Waals surface area contributed by atoms with Gasteiger partial charge in [-0.3, -0.25) is 0 Å². The van der Waals surface area contributed by atoms with Crippen LogP contribution in [0, 0.1) is 0 Å². The molecule has 2 nitrogen and oxygen atoms in total. The van der Waals surface area contributed by atoms with Gasteiger partial charge in [0.1, 0.15) is 10.7 Å². The van der Waals surface area contributed by atoms with E-state index in [1.165, 1.54) is 0 Å². The Morgan fingerprint density at radius 2 is 1.76 bits per heavy atom. The Morgan fingerprint density at radius 1 is 1.14 bits per heavy atom. The molecule has 118 valence electrons. The highest BCUT2D eigenvalue weighted by atomic mass is 32.1. The van der Waals surface area contributed by atoms with Gasteiger partial charge in [-0.1, -0.05) is 12.2 Å². The van der Waals surface area contributed by atoms with Gasteiger partial charge >= 0.3 is 12.4 Å². The third-order valence-corrected chi connectivity index (χ3v) is 2.66. The highest BCUT2D eigenvalue weighted by Gasteiger charge is 2.34. The van der Waals surface area contributed by atoms with Crippen molar-refractivity contribution in [2.24, 2.45) is 5.73 Å². The minimum absolute atomic E-state index is 0.0204. The summed E-state index contributed by atoms with van der Waals surface area (Å²) < 4.78 is 78.8. The van der Waals surface area contributed by atoms with Crippen molar-refractivity contribution >= 4 is 17.2 Å². The standard InChI is InChI=1S/C12H11F6NOS/c13-11(14,15)4-1-5-20-7-2-3-9(12(16,17)18)8(6-7)10(19)21/h2-3,6H,1,4-5H2,(H2,19,21). The number of hydrogen-bond donors (Lipinski definition) is 1. The first-order valence-corrected chi connectivity index (χ1v) is 6.12. The van der Waals surface area contributed by atoms with Gasteiger partial charge in [0.25, 0.3) is 0 Å². The highest BCUT2D eigenvalue weighted by Crippen LogP contribution is 2.34. The number of alkyl halides is 6. The van der Waals surface area contributed by atoms with Crippen LogP contribution in [0.25, 0.3) is 0 Å². The maximum atomic E-state index is 12.7. The molecule has 0 saturated carbocycles. The van der Waals surface area contributed by atoms with E-state index in [2.05, 4.69) is 12.2 Å². The molecule has 1 aromatic carbocycles. The molecule has 0 aromatic heterocycles. The normalized spacial score (nSPS) is 12.3. The van der Waals surface area contributed by atoms with E-state index < -0.39 is 34.9 Å². The predicted octanol–water partition coefficient (Wildman–Crippen LogP) is 4.06. The summed E-state index contributed by atoms with van der Waals surface area (Å²) in [5.41, 5.74) is 3.78. The summed E-state index contributed by atoms with van der Waals surface area (Å²) in [4.78, 5) is -0.469. The van der Waals surface area contributed by atoms with Crippen molar-refractivity contribution in [2.45, 2.75) is 25.2 Å². The van der Waals surface area contributed by atoms with E-state index in [-0.39, 0.29) is 18.8 Å². The van der Waals surface area contributed by atoms with Gasteiger partial charge in [-0.25, -0.2) is 0 Å². The lowest BCUT2D eigenvalue weighted by molar-refractivity contribution is -0.138. The van der Waals surface area contributed by atoms with Crippen LogP contribution in [0.1, 0.15) is 24.0 Å². The minimum Gasteiger partial charge on any atom is -0.494 e. The summed E-state index contributed by atoms with van der Waals surface area (Å²) in [5.74, 6) is -0.0204. The zero-order valence-electron chi connectivity index (χ0n) is 10.5. The second-order valence-corrected chi connectivity index (χ2v) is 4.58. The third-order valence-electron chi connectivity index (χ3n) is 2.44. The smallest absolute Gasteiger partial charge is 0.417 e. The van der Waals surface area contributed by atoms with Gasteiger partial charge in [-0.05, 0) is 24.6 Å². The quantitative estimate of drug-likeness (QED) is 0.502. The number of hydrogen-bond acceptors (Lipinski definition) is 2. The number of ether oxygens (including phenoxy) is 1. The number of nitrogens with two attached hydrogens (primary N) is 1. The van der Waals surface area contributed by atoms with Crippen molar-refractivity contribution in [1.29, 1.82) is 0 Å². The van der Waals surface area contributed by atoms with E-state index in [0.29, 0.717) is 0 Å². The molecule has 1 aromatic rings. The number of benzene rings is 1. The fourth-order valence-electron chi connectivity index (χ4n) is 1.53. The summed E-state index contributed by atoms with van der Waals surface area (Å²) in [6.07, 6.45) is -10.3. The average Bonchev–Trinajstić information content (AvgIpc) is 2.32. The van der Waals surface area contributed by atoms with Gasteiger partial charge in [-0.15, -0.1) is 0 Å². The molecule has 0 spiro atoms. The van der Waals surface area contributed by atoms with Crippen molar-refractivity contribution in [3.8, 4) is 5.75 Å². The highest BCUT2D eigenvalue weighted by molar-refractivity contribution is 7.80. The Bertz CT molecular complexity index is 511. The van der Waals surface area contributed by atoms with E-state index in [9.17, 15) is 26.3 Å². The zero-order valence-corrected chi connectivity index (χ0v) is 11.3. The Kier molecular flexibility index (Phi) is 5.43. The zero-order chi connectivity index (χ0) is 16.3. The van der Waals surface area contributed by atoms with E-state index in [4.69, 9.17) is 10.5 Å². The molecule has 21 heavy (non-hydrogen) atoms. The fourth-order valence-corrected chi connectivity index (χ4v) is 1.70. The minimum atomic E-state index is -4.63. The van der Waals surface area contributed by atoms with Gasteiger partial charge in [0, 0.05) is 12.0 Å². The monoisotopic (exact) mass is 331 g/mol. The maximum absolute atomic E-state index is 12.7. The molecule has 0 aliphatic rings. The summed E-state index contributed by atoms with van der Waals surface area (Å²) >= 11 is 4.54. The molecule has 0 unspecified atom stereocenters. The number of halogens is 6. The lowest BCUT2D eigenvalue weighted by Gasteiger charge is -2.14. The van der Waals surface area contributed by atoms with Crippen LogP contribution in [0.4, 0.5) is 26.3 Å². The van der Waals surface area contributed by atoms with E-state index in [1.54, 1.807) is 0 Å². The molecule has 0 saturated heterocycles. The maximum Gasteiger partial charge on any atom is 0.417 e. The van der Waals surface area contributed by atoms with Crippen LogP contribution in [0.5, 0.6) is 5.75 Å². The van der Waals surface area contributed by atoms with Crippen LogP contribution < -0.4 is 10.5 Å².